The zero-order valence-electron chi connectivity index (χ0n) is 6.41. The van der Waals surface area contributed by atoms with Crippen molar-refractivity contribution in [2.45, 2.75) is 18.8 Å². The van der Waals surface area contributed by atoms with E-state index in [0.29, 0.717) is 4.88 Å². The summed E-state index contributed by atoms with van der Waals surface area (Å²) in [6.07, 6.45) is -2.24. The van der Waals surface area contributed by atoms with E-state index in [4.69, 9.17) is 5.11 Å². The van der Waals surface area contributed by atoms with Gasteiger partial charge in [0.1, 0.15) is 0 Å². The fourth-order valence-electron chi connectivity index (χ4n) is 1.03. The van der Waals surface area contributed by atoms with Gasteiger partial charge >= 0.3 is 0 Å². The van der Waals surface area contributed by atoms with Crippen molar-refractivity contribution in [2.75, 3.05) is 6.61 Å². The molecule has 68 valence electrons. The van der Waals surface area contributed by atoms with E-state index in [-0.39, 0.29) is 13.0 Å². The third kappa shape index (κ3) is 2.25. The van der Waals surface area contributed by atoms with E-state index in [9.17, 15) is 8.78 Å². The van der Waals surface area contributed by atoms with Crippen LogP contribution < -0.4 is 0 Å². The molecule has 1 N–H and O–H groups in total. The van der Waals surface area contributed by atoms with Crippen LogP contribution in [-0.2, 0) is 0 Å². The van der Waals surface area contributed by atoms with E-state index in [2.05, 4.69) is 0 Å². The molecule has 0 saturated heterocycles. The number of aliphatic hydroxyl groups excluding tert-OH is 1. The quantitative estimate of drug-likeness (QED) is 0.777. The fraction of sp³-hybridized carbons (Fsp3) is 0.500. The normalized spacial score (nSPS) is 13.7. The van der Waals surface area contributed by atoms with Gasteiger partial charge in [0, 0.05) is 11.5 Å². The van der Waals surface area contributed by atoms with Gasteiger partial charge in [-0.2, -0.15) is 0 Å². The van der Waals surface area contributed by atoms with Gasteiger partial charge in [0.05, 0.1) is 5.92 Å². The molecule has 1 nitrogen and oxygen atoms in total. The lowest BCUT2D eigenvalue weighted by Gasteiger charge is -2.11. The van der Waals surface area contributed by atoms with Crippen LogP contribution in [0.5, 0.6) is 0 Å². The van der Waals surface area contributed by atoms with Gasteiger partial charge in [-0.3, -0.25) is 0 Å². The molecule has 0 amide bonds. The van der Waals surface area contributed by atoms with E-state index in [1.165, 1.54) is 11.3 Å². The van der Waals surface area contributed by atoms with Crippen molar-refractivity contribution in [3.63, 3.8) is 0 Å². The van der Waals surface area contributed by atoms with Crippen molar-refractivity contribution in [2.24, 2.45) is 0 Å². The van der Waals surface area contributed by atoms with Crippen molar-refractivity contribution in [3.8, 4) is 0 Å². The molecule has 0 aliphatic carbocycles. The third-order valence-electron chi connectivity index (χ3n) is 1.65. The van der Waals surface area contributed by atoms with Crippen LogP contribution in [0.15, 0.2) is 17.5 Å². The van der Waals surface area contributed by atoms with Crippen molar-refractivity contribution in [3.05, 3.63) is 22.4 Å². The molecule has 1 unspecified atom stereocenters. The monoisotopic (exact) mass is 192 g/mol. The number of rotatable bonds is 4. The zero-order valence-corrected chi connectivity index (χ0v) is 7.23. The van der Waals surface area contributed by atoms with Gasteiger partial charge in [0.25, 0.3) is 0 Å². The maximum atomic E-state index is 12.3. The first-order valence-corrected chi connectivity index (χ1v) is 4.56. The molecule has 0 aliphatic heterocycles. The second-order valence-corrected chi connectivity index (χ2v) is 3.45. The summed E-state index contributed by atoms with van der Waals surface area (Å²) in [5, 5.41) is 10.3. The largest absolute Gasteiger partial charge is 0.396 e. The molecule has 0 aromatic carbocycles. The Morgan fingerprint density at radius 1 is 1.50 bits per heavy atom. The van der Waals surface area contributed by atoms with Gasteiger partial charge in [0.2, 0.25) is 6.43 Å². The average molecular weight is 192 g/mol. The molecule has 0 radical (unpaired) electrons. The Bertz CT molecular complexity index is 211. The lowest BCUT2D eigenvalue weighted by atomic mass is 10.1. The highest BCUT2D eigenvalue weighted by Crippen LogP contribution is 2.29. The maximum Gasteiger partial charge on any atom is 0.246 e. The molecule has 1 aromatic heterocycles. The molecule has 1 atom stereocenters. The Kier molecular flexibility index (Phi) is 3.62. The Balaban J connectivity index is 2.66. The van der Waals surface area contributed by atoms with Crippen LogP contribution in [0.4, 0.5) is 8.78 Å². The predicted octanol–water partition coefficient (Wildman–Crippen LogP) is 2.48. The van der Waals surface area contributed by atoms with Crippen molar-refractivity contribution >= 4 is 11.3 Å². The number of halogens is 2. The van der Waals surface area contributed by atoms with E-state index in [0.717, 1.165) is 0 Å². The van der Waals surface area contributed by atoms with Crippen molar-refractivity contribution in [1.29, 1.82) is 0 Å². The summed E-state index contributed by atoms with van der Waals surface area (Å²) in [5.74, 6) is -0.796. The summed E-state index contributed by atoms with van der Waals surface area (Å²) >= 11 is 1.31. The molecule has 0 saturated carbocycles. The molecule has 4 heteroatoms. The Labute approximate surface area is 73.7 Å². The van der Waals surface area contributed by atoms with E-state index >= 15 is 0 Å². The average Bonchev–Trinajstić information content (AvgIpc) is 2.51. The summed E-state index contributed by atoms with van der Waals surface area (Å²) in [6, 6.07) is 3.42. The fourth-order valence-corrected chi connectivity index (χ4v) is 1.90. The topological polar surface area (TPSA) is 20.2 Å². The second-order valence-electron chi connectivity index (χ2n) is 2.47. The number of aliphatic hydroxyl groups is 1. The van der Waals surface area contributed by atoms with Crippen LogP contribution in [-0.4, -0.2) is 18.1 Å². The summed E-state index contributed by atoms with van der Waals surface area (Å²) in [6.45, 7) is -0.188. The summed E-state index contributed by atoms with van der Waals surface area (Å²) in [4.78, 5) is 0.652. The van der Waals surface area contributed by atoms with Crippen LogP contribution >= 0.6 is 11.3 Å². The minimum absolute atomic E-state index is 0.137. The van der Waals surface area contributed by atoms with Crippen LogP contribution in [0.25, 0.3) is 0 Å². The van der Waals surface area contributed by atoms with Crippen LogP contribution in [0.1, 0.15) is 17.2 Å². The maximum absolute atomic E-state index is 12.3. The third-order valence-corrected chi connectivity index (χ3v) is 2.66. The molecule has 1 aromatic rings. The molecule has 0 bridgehead atoms. The predicted molar refractivity (Wildman–Crippen MR) is 44.8 cm³/mol. The molecule has 0 spiro atoms. The van der Waals surface area contributed by atoms with Crippen LogP contribution in [0, 0.1) is 0 Å². The van der Waals surface area contributed by atoms with Crippen molar-refractivity contribution in [1.82, 2.24) is 0 Å². The van der Waals surface area contributed by atoms with Gasteiger partial charge in [-0.25, -0.2) is 8.78 Å². The van der Waals surface area contributed by atoms with Crippen molar-refractivity contribution < 1.29 is 13.9 Å². The van der Waals surface area contributed by atoms with Gasteiger partial charge in [-0.15, -0.1) is 11.3 Å². The molecular formula is C8H10F2OS. The Morgan fingerprint density at radius 2 is 2.25 bits per heavy atom. The molecule has 0 aliphatic rings. The summed E-state index contributed by atoms with van der Waals surface area (Å²) < 4.78 is 24.7. The lowest BCUT2D eigenvalue weighted by Crippen LogP contribution is -2.09. The Hall–Kier alpha value is -0.480. The van der Waals surface area contributed by atoms with Crippen LogP contribution in [0.3, 0.4) is 0 Å². The highest BCUT2D eigenvalue weighted by Gasteiger charge is 2.22. The number of thiophene rings is 1. The minimum Gasteiger partial charge on any atom is -0.396 e. The Morgan fingerprint density at radius 3 is 2.67 bits per heavy atom. The number of hydrogen-bond acceptors (Lipinski definition) is 2. The van der Waals surface area contributed by atoms with Gasteiger partial charge in [-0.1, -0.05) is 6.07 Å². The number of hydrogen-bond donors (Lipinski definition) is 1. The van der Waals surface area contributed by atoms with Gasteiger partial charge < -0.3 is 5.11 Å². The smallest absolute Gasteiger partial charge is 0.246 e. The molecule has 1 heterocycles. The van der Waals surface area contributed by atoms with E-state index < -0.39 is 12.3 Å². The molecule has 0 fully saturated rings. The van der Waals surface area contributed by atoms with E-state index in [1.54, 1.807) is 17.5 Å². The van der Waals surface area contributed by atoms with Gasteiger partial charge in [0.15, 0.2) is 0 Å². The van der Waals surface area contributed by atoms with E-state index in [1.807, 2.05) is 0 Å². The highest BCUT2D eigenvalue weighted by atomic mass is 32.1. The highest BCUT2D eigenvalue weighted by molar-refractivity contribution is 7.10. The second kappa shape index (κ2) is 4.52. The molecule has 12 heavy (non-hydrogen) atoms. The number of alkyl halides is 2. The minimum atomic E-state index is -2.38. The summed E-state index contributed by atoms with van der Waals surface area (Å²) in [7, 11) is 0. The standard InChI is InChI=1S/C8H10F2OS/c9-8(10)6(3-4-11)7-2-1-5-12-7/h1-2,5-6,8,11H,3-4H2. The first-order valence-electron chi connectivity index (χ1n) is 3.68. The molecular weight excluding hydrogens is 182 g/mol. The van der Waals surface area contributed by atoms with Gasteiger partial charge in [-0.05, 0) is 17.9 Å². The summed E-state index contributed by atoms with van der Waals surface area (Å²) in [5.41, 5.74) is 0. The molecule has 1 rings (SSSR count). The van der Waals surface area contributed by atoms with Crippen LogP contribution in [0.2, 0.25) is 0 Å². The lowest BCUT2D eigenvalue weighted by molar-refractivity contribution is 0.100. The zero-order chi connectivity index (χ0) is 8.97. The first kappa shape index (κ1) is 9.61. The first-order chi connectivity index (χ1) is 5.75. The SMILES string of the molecule is OCCC(c1cccs1)C(F)F.